The predicted molar refractivity (Wildman–Crippen MR) is 215 cm³/mol. The summed E-state index contributed by atoms with van der Waals surface area (Å²) in [6.45, 7) is 9.47. The summed E-state index contributed by atoms with van der Waals surface area (Å²) in [6.07, 6.45) is 0. The normalized spacial score (nSPS) is 14.7. The molecule has 2 aliphatic rings. The van der Waals surface area contributed by atoms with Gasteiger partial charge in [-0.2, -0.15) is 0 Å². The molecule has 0 unspecified atom stereocenters. The van der Waals surface area contributed by atoms with E-state index in [4.69, 9.17) is 0 Å². The van der Waals surface area contributed by atoms with Gasteiger partial charge in [-0.3, -0.25) is 0 Å². The Kier molecular flexibility index (Phi) is 6.21. The highest BCUT2D eigenvalue weighted by molar-refractivity contribution is 7.25. The summed E-state index contributed by atoms with van der Waals surface area (Å²) in [5.74, 6) is 0. The average Bonchev–Trinajstić information content (AvgIpc) is 3.72. The number of thiophene rings is 1. The lowest BCUT2D eigenvalue weighted by molar-refractivity contribution is 0.660. The van der Waals surface area contributed by atoms with E-state index in [0.717, 1.165) is 5.69 Å². The molecule has 10 rings (SSSR count). The van der Waals surface area contributed by atoms with Crippen molar-refractivity contribution in [2.75, 3.05) is 4.90 Å². The molecule has 0 N–H and O–H groups in total. The minimum Gasteiger partial charge on any atom is -0.310 e. The third-order valence-electron chi connectivity index (χ3n) is 11.5. The molecule has 1 aromatic heterocycles. The van der Waals surface area contributed by atoms with Gasteiger partial charge in [0.25, 0.3) is 0 Å². The number of benzene rings is 7. The Balaban J connectivity index is 1.18. The molecule has 0 radical (unpaired) electrons. The Labute approximate surface area is 298 Å². The quantitative estimate of drug-likeness (QED) is 0.182. The lowest BCUT2D eigenvalue weighted by Gasteiger charge is -2.30. The SMILES string of the molecule is CC1(C)c2ccccc2-c2ccc(N(c3ccc(-c4cccc5sc6ccccc6c45)cc3)c3cccc4c3-c3ccccc3C4(C)C)cc21. The molecule has 50 heavy (non-hydrogen) atoms. The van der Waals surface area contributed by atoms with Crippen LogP contribution in [-0.4, -0.2) is 0 Å². The van der Waals surface area contributed by atoms with Gasteiger partial charge in [-0.15, -0.1) is 11.3 Å². The molecule has 7 aromatic carbocycles. The van der Waals surface area contributed by atoms with E-state index in [1.807, 2.05) is 11.3 Å². The molecule has 0 fully saturated rings. The number of hydrogen-bond donors (Lipinski definition) is 0. The van der Waals surface area contributed by atoms with Crippen LogP contribution in [0.15, 0.2) is 152 Å². The van der Waals surface area contributed by atoms with E-state index in [-0.39, 0.29) is 10.8 Å². The molecule has 1 heterocycles. The minimum atomic E-state index is -0.0906. The molecule has 0 spiro atoms. The van der Waals surface area contributed by atoms with Crippen molar-refractivity contribution in [3.63, 3.8) is 0 Å². The maximum Gasteiger partial charge on any atom is 0.0543 e. The molecular formula is C48H37NS. The van der Waals surface area contributed by atoms with Crippen molar-refractivity contribution in [3.8, 4) is 33.4 Å². The van der Waals surface area contributed by atoms with Crippen LogP contribution in [-0.2, 0) is 10.8 Å². The second-order valence-corrected chi connectivity index (χ2v) is 16.0. The first-order valence-electron chi connectivity index (χ1n) is 17.6. The molecule has 1 nitrogen and oxygen atoms in total. The largest absolute Gasteiger partial charge is 0.310 e. The maximum absolute atomic E-state index is 2.50. The molecule has 0 bridgehead atoms. The lowest BCUT2D eigenvalue weighted by Crippen LogP contribution is -2.17. The summed E-state index contributed by atoms with van der Waals surface area (Å²) in [7, 11) is 0. The predicted octanol–water partition coefficient (Wildman–Crippen LogP) is 13.8. The summed E-state index contributed by atoms with van der Waals surface area (Å²) in [6, 6.07) is 56.7. The van der Waals surface area contributed by atoms with E-state index in [9.17, 15) is 0 Å². The highest BCUT2D eigenvalue weighted by atomic mass is 32.1. The Morgan fingerprint density at radius 1 is 0.440 bits per heavy atom. The van der Waals surface area contributed by atoms with Crippen molar-refractivity contribution in [1.29, 1.82) is 0 Å². The lowest BCUT2D eigenvalue weighted by atomic mass is 9.82. The summed E-state index contributed by atoms with van der Waals surface area (Å²) in [4.78, 5) is 2.50. The fourth-order valence-corrected chi connectivity index (χ4v) is 10.1. The summed E-state index contributed by atoms with van der Waals surface area (Å²) >= 11 is 1.88. The summed E-state index contributed by atoms with van der Waals surface area (Å²) in [5.41, 5.74) is 16.8. The fourth-order valence-electron chi connectivity index (χ4n) is 8.99. The number of rotatable bonds is 4. The molecular weight excluding hydrogens is 623 g/mol. The van der Waals surface area contributed by atoms with Gasteiger partial charge in [-0.1, -0.05) is 137 Å². The van der Waals surface area contributed by atoms with Crippen LogP contribution >= 0.6 is 11.3 Å². The first kappa shape index (κ1) is 29.5. The second kappa shape index (κ2) is 10.5. The molecule has 0 saturated carbocycles. The standard InChI is InChI=1S/C48H37NS/c1-47(2)39-18-9-6-14-36(39)46-40(47)19-12-20-42(46)49(32-27-28-35-34-13-5-8-17-38(34)48(3,4)41(35)29-32)31-25-23-30(24-26-31)33-16-11-22-44-45(33)37-15-7-10-21-43(37)50-44/h5-29H,1-4H3. The van der Waals surface area contributed by atoms with Gasteiger partial charge in [0.05, 0.1) is 5.69 Å². The Morgan fingerprint density at radius 3 is 1.84 bits per heavy atom. The van der Waals surface area contributed by atoms with E-state index in [1.165, 1.54) is 87.2 Å². The molecule has 0 saturated heterocycles. The maximum atomic E-state index is 2.50. The van der Waals surface area contributed by atoms with Crippen molar-refractivity contribution >= 4 is 48.6 Å². The van der Waals surface area contributed by atoms with Gasteiger partial charge >= 0.3 is 0 Å². The fraction of sp³-hybridized carbons (Fsp3) is 0.125. The van der Waals surface area contributed by atoms with Crippen molar-refractivity contribution in [2.45, 2.75) is 38.5 Å². The molecule has 8 aromatic rings. The molecule has 240 valence electrons. The first-order valence-corrected chi connectivity index (χ1v) is 18.4. The van der Waals surface area contributed by atoms with Crippen molar-refractivity contribution in [1.82, 2.24) is 0 Å². The third kappa shape index (κ3) is 4.06. The van der Waals surface area contributed by atoms with E-state index < -0.39 is 0 Å². The molecule has 2 heteroatoms. The number of fused-ring (bicyclic) bond motifs is 9. The van der Waals surface area contributed by atoms with E-state index >= 15 is 0 Å². The van der Waals surface area contributed by atoms with Gasteiger partial charge in [0.2, 0.25) is 0 Å². The van der Waals surface area contributed by atoms with Crippen LogP contribution in [0.1, 0.15) is 49.9 Å². The summed E-state index contributed by atoms with van der Waals surface area (Å²) in [5, 5.41) is 2.68. The van der Waals surface area contributed by atoms with Crippen molar-refractivity contribution in [3.05, 3.63) is 174 Å². The van der Waals surface area contributed by atoms with Crippen LogP contribution in [0.2, 0.25) is 0 Å². The van der Waals surface area contributed by atoms with Crippen molar-refractivity contribution in [2.24, 2.45) is 0 Å². The zero-order valence-corrected chi connectivity index (χ0v) is 29.6. The Bertz CT molecular complexity index is 2650. The first-order chi connectivity index (χ1) is 24.3. The van der Waals surface area contributed by atoms with E-state index in [0.29, 0.717) is 0 Å². The van der Waals surface area contributed by atoms with Gasteiger partial charge in [0.15, 0.2) is 0 Å². The smallest absolute Gasteiger partial charge is 0.0543 e. The highest BCUT2D eigenvalue weighted by Crippen LogP contribution is 2.55. The van der Waals surface area contributed by atoms with Gasteiger partial charge < -0.3 is 4.90 Å². The topological polar surface area (TPSA) is 3.24 Å². The molecule has 2 aliphatic carbocycles. The number of nitrogens with zero attached hydrogens (tertiary/aromatic N) is 1. The Hall–Kier alpha value is -5.44. The third-order valence-corrected chi connectivity index (χ3v) is 12.6. The molecule has 0 aliphatic heterocycles. The number of anilines is 3. The highest BCUT2D eigenvalue weighted by Gasteiger charge is 2.39. The van der Waals surface area contributed by atoms with Gasteiger partial charge in [-0.25, -0.2) is 0 Å². The second-order valence-electron chi connectivity index (χ2n) is 14.9. The van der Waals surface area contributed by atoms with Gasteiger partial charge in [0, 0.05) is 47.9 Å². The Morgan fingerprint density at radius 2 is 1.02 bits per heavy atom. The summed E-state index contributed by atoms with van der Waals surface area (Å²) < 4.78 is 2.66. The van der Waals surface area contributed by atoms with Crippen LogP contribution in [0, 0.1) is 0 Å². The van der Waals surface area contributed by atoms with Crippen LogP contribution in [0.3, 0.4) is 0 Å². The van der Waals surface area contributed by atoms with Crippen LogP contribution < -0.4 is 4.90 Å². The van der Waals surface area contributed by atoms with E-state index in [2.05, 4.69) is 184 Å². The zero-order valence-electron chi connectivity index (χ0n) is 28.8. The monoisotopic (exact) mass is 659 g/mol. The number of hydrogen-bond acceptors (Lipinski definition) is 2. The van der Waals surface area contributed by atoms with Crippen LogP contribution in [0.25, 0.3) is 53.6 Å². The van der Waals surface area contributed by atoms with Crippen LogP contribution in [0.5, 0.6) is 0 Å². The average molecular weight is 660 g/mol. The zero-order chi connectivity index (χ0) is 33.8. The van der Waals surface area contributed by atoms with Crippen molar-refractivity contribution < 1.29 is 0 Å². The van der Waals surface area contributed by atoms with Crippen LogP contribution in [0.4, 0.5) is 17.1 Å². The molecule has 0 atom stereocenters. The minimum absolute atomic E-state index is 0.0823. The van der Waals surface area contributed by atoms with E-state index in [1.54, 1.807) is 0 Å². The van der Waals surface area contributed by atoms with Gasteiger partial charge in [-0.05, 0) is 92.5 Å². The molecule has 0 amide bonds. The van der Waals surface area contributed by atoms with Gasteiger partial charge in [0.1, 0.15) is 0 Å².